The number of carboxylic acid groups (broad SMARTS) is 1. The van der Waals surface area contributed by atoms with Gasteiger partial charge in [-0.25, -0.2) is 0 Å². The minimum Gasteiger partial charge on any atom is -0.494 e. The number of carboxylic acids is 1. The Hall–Kier alpha value is -1.59. The third kappa shape index (κ3) is 5.19. The number of benzene rings is 1. The molecule has 112 valence electrons. The minimum absolute atomic E-state index is 0.0335. The number of hydrogen-bond donors (Lipinski definition) is 3. The van der Waals surface area contributed by atoms with Crippen LogP contribution < -0.4 is 10.1 Å². The Bertz CT molecular complexity index is 405. The van der Waals surface area contributed by atoms with E-state index < -0.39 is 12.1 Å². The minimum atomic E-state index is -0.855. The van der Waals surface area contributed by atoms with Crippen molar-refractivity contribution in [3.05, 3.63) is 29.8 Å². The van der Waals surface area contributed by atoms with Crippen LogP contribution in [-0.4, -0.2) is 35.4 Å². The molecule has 0 bridgehead atoms. The van der Waals surface area contributed by atoms with Crippen LogP contribution in [0.25, 0.3) is 0 Å². The van der Waals surface area contributed by atoms with Gasteiger partial charge in [0.2, 0.25) is 0 Å². The molecule has 0 saturated carbocycles. The topological polar surface area (TPSA) is 78.8 Å². The van der Waals surface area contributed by atoms with Gasteiger partial charge >= 0.3 is 5.97 Å². The van der Waals surface area contributed by atoms with Gasteiger partial charge in [-0.2, -0.15) is 0 Å². The Morgan fingerprint density at radius 1 is 1.30 bits per heavy atom. The molecule has 0 aliphatic carbocycles. The van der Waals surface area contributed by atoms with Crippen LogP contribution in [0.5, 0.6) is 5.75 Å². The molecule has 20 heavy (non-hydrogen) atoms. The molecule has 0 amide bonds. The maximum Gasteiger partial charge on any atom is 0.303 e. The van der Waals surface area contributed by atoms with Crippen molar-refractivity contribution in [1.82, 2.24) is 5.32 Å². The summed E-state index contributed by atoms with van der Waals surface area (Å²) in [6.07, 6.45) is -0.312. The third-order valence-corrected chi connectivity index (χ3v) is 3.05. The monoisotopic (exact) mass is 281 g/mol. The molecule has 0 aromatic heterocycles. The second-order valence-corrected chi connectivity index (χ2v) is 4.54. The predicted molar refractivity (Wildman–Crippen MR) is 76.9 cm³/mol. The molecule has 3 N–H and O–H groups in total. The van der Waals surface area contributed by atoms with Gasteiger partial charge in [0.1, 0.15) is 5.75 Å². The first-order chi connectivity index (χ1) is 9.58. The van der Waals surface area contributed by atoms with Gasteiger partial charge < -0.3 is 20.3 Å². The molecule has 1 rings (SSSR count). The third-order valence-electron chi connectivity index (χ3n) is 3.05. The van der Waals surface area contributed by atoms with Crippen LogP contribution >= 0.6 is 0 Å². The smallest absolute Gasteiger partial charge is 0.303 e. The molecule has 1 aromatic rings. The van der Waals surface area contributed by atoms with Crippen molar-refractivity contribution in [2.45, 2.75) is 38.8 Å². The van der Waals surface area contributed by atoms with Crippen LogP contribution in [0.15, 0.2) is 24.3 Å². The number of hydrogen-bond acceptors (Lipinski definition) is 4. The molecule has 0 radical (unpaired) electrons. The van der Waals surface area contributed by atoms with E-state index in [2.05, 4.69) is 5.32 Å². The fraction of sp³-hybridized carbons (Fsp3) is 0.533. The number of carbonyl (C=O) groups is 1. The number of aliphatic hydroxyl groups is 1. The van der Waals surface area contributed by atoms with Crippen LogP contribution in [0, 0.1) is 0 Å². The first kappa shape index (κ1) is 16.5. The Morgan fingerprint density at radius 3 is 2.45 bits per heavy atom. The zero-order chi connectivity index (χ0) is 15.0. The van der Waals surface area contributed by atoms with Gasteiger partial charge in [0.25, 0.3) is 0 Å². The number of likely N-dealkylation sites (N-methyl/N-ethyl adjacent to an activating group) is 1. The van der Waals surface area contributed by atoms with Crippen molar-refractivity contribution >= 4 is 5.97 Å². The van der Waals surface area contributed by atoms with E-state index in [-0.39, 0.29) is 12.5 Å². The first-order valence-electron chi connectivity index (χ1n) is 6.94. The second-order valence-electron chi connectivity index (χ2n) is 4.54. The van der Waals surface area contributed by atoms with Crippen LogP contribution in [0.2, 0.25) is 0 Å². The van der Waals surface area contributed by atoms with E-state index >= 15 is 0 Å². The maximum absolute atomic E-state index is 10.7. The molecule has 5 nitrogen and oxygen atoms in total. The molecular weight excluding hydrogens is 258 g/mol. The van der Waals surface area contributed by atoms with Crippen molar-refractivity contribution in [2.75, 3.05) is 13.2 Å². The summed E-state index contributed by atoms with van der Waals surface area (Å²) in [6.45, 7) is 5.12. The Balaban J connectivity index is 2.71. The van der Waals surface area contributed by atoms with Crippen molar-refractivity contribution in [2.24, 2.45) is 0 Å². The average Bonchev–Trinajstić information content (AvgIpc) is 2.44. The SMILES string of the molecule is CCNC(CCC(=O)O)C(O)c1ccc(OCC)cc1. The van der Waals surface area contributed by atoms with Crippen LogP contribution in [0.4, 0.5) is 0 Å². The van der Waals surface area contributed by atoms with Gasteiger partial charge in [-0.3, -0.25) is 4.79 Å². The lowest BCUT2D eigenvalue weighted by Gasteiger charge is -2.23. The van der Waals surface area contributed by atoms with Gasteiger partial charge in [-0.15, -0.1) is 0 Å². The summed E-state index contributed by atoms with van der Waals surface area (Å²) >= 11 is 0. The number of aliphatic carboxylic acids is 1. The average molecular weight is 281 g/mol. The fourth-order valence-corrected chi connectivity index (χ4v) is 2.07. The Morgan fingerprint density at radius 2 is 1.95 bits per heavy atom. The van der Waals surface area contributed by atoms with Crippen LogP contribution in [-0.2, 0) is 4.79 Å². The van der Waals surface area contributed by atoms with Crippen LogP contribution in [0.3, 0.4) is 0 Å². The predicted octanol–water partition coefficient (Wildman–Crippen LogP) is 1.96. The van der Waals surface area contributed by atoms with Gasteiger partial charge in [0, 0.05) is 12.5 Å². The summed E-state index contributed by atoms with van der Waals surface area (Å²) in [5, 5.41) is 22.2. The highest BCUT2D eigenvalue weighted by Crippen LogP contribution is 2.22. The van der Waals surface area contributed by atoms with Crippen molar-refractivity contribution in [3.8, 4) is 5.75 Å². The summed E-state index contributed by atoms with van der Waals surface area (Å²) in [4.78, 5) is 10.7. The van der Waals surface area contributed by atoms with E-state index in [1.54, 1.807) is 12.1 Å². The van der Waals surface area contributed by atoms with Crippen molar-refractivity contribution in [1.29, 1.82) is 0 Å². The molecule has 0 aliphatic rings. The van der Waals surface area contributed by atoms with Gasteiger partial charge in [-0.1, -0.05) is 19.1 Å². The molecule has 0 fully saturated rings. The summed E-state index contributed by atoms with van der Waals surface area (Å²) in [7, 11) is 0. The number of ether oxygens (including phenoxy) is 1. The van der Waals surface area contributed by atoms with E-state index in [4.69, 9.17) is 9.84 Å². The number of rotatable bonds is 9. The molecule has 0 saturated heterocycles. The molecule has 0 spiro atoms. The highest BCUT2D eigenvalue weighted by Gasteiger charge is 2.20. The lowest BCUT2D eigenvalue weighted by Crippen LogP contribution is -2.35. The quantitative estimate of drug-likeness (QED) is 0.645. The molecule has 5 heteroatoms. The number of nitrogens with one attached hydrogen (secondary N) is 1. The Kier molecular flexibility index (Phi) is 7.04. The van der Waals surface area contributed by atoms with Gasteiger partial charge in [0.15, 0.2) is 0 Å². The van der Waals surface area contributed by atoms with E-state index in [1.165, 1.54) is 0 Å². The summed E-state index contributed by atoms with van der Waals surface area (Å²) < 4.78 is 5.35. The normalized spacial score (nSPS) is 13.8. The van der Waals surface area contributed by atoms with E-state index in [1.807, 2.05) is 26.0 Å². The highest BCUT2D eigenvalue weighted by molar-refractivity contribution is 5.66. The lowest BCUT2D eigenvalue weighted by atomic mass is 9.98. The highest BCUT2D eigenvalue weighted by atomic mass is 16.5. The van der Waals surface area contributed by atoms with Crippen LogP contribution in [0.1, 0.15) is 38.4 Å². The zero-order valence-corrected chi connectivity index (χ0v) is 12.0. The lowest BCUT2D eigenvalue weighted by molar-refractivity contribution is -0.137. The Labute approximate surface area is 119 Å². The zero-order valence-electron chi connectivity index (χ0n) is 12.0. The summed E-state index contributed by atoms with van der Waals surface area (Å²) in [5.74, 6) is -0.0965. The molecular formula is C15H23NO4. The van der Waals surface area contributed by atoms with E-state index in [0.29, 0.717) is 19.6 Å². The molecule has 2 unspecified atom stereocenters. The standard InChI is InChI=1S/C15H23NO4/c1-3-16-13(9-10-14(17)18)15(19)11-5-7-12(8-6-11)20-4-2/h5-8,13,15-16,19H,3-4,9-10H2,1-2H3,(H,17,18). The first-order valence-corrected chi connectivity index (χ1v) is 6.94. The molecule has 0 heterocycles. The fourth-order valence-electron chi connectivity index (χ4n) is 2.07. The van der Waals surface area contributed by atoms with Gasteiger partial charge in [-0.05, 0) is 37.6 Å². The van der Waals surface area contributed by atoms with E-state index in [0.717, 1.165) is 11.3 Å². The maximum atomic E-state index is 10.7. The molecule has 0 aliphatic heterocycles. The molecule has 1 aromatic carbocycles. The second kappa shape index (κ2) is 8.55. The van der Waals surface area contributed by atoms with E-state index in [9.17, 15) is 9.90 Å². The molecule has 2 atom stereocenters. The summed E-state index contributed by atoms with van der Waals surface area (Å²) in [5.41, 5.74) is 0.754. The van der Waals surface area contributed by atoms with Crippen molar-refractivity contribution < 1.29 is 19.7 Å². The van der Waals surface area contributed by atoms with Crippen molar-refractivity contribution in [3.63, 3.8) is 0 Å². The summed E-state index contributed by atoms with van der Waals surface area (Å²) in [6, 6.07) is 6.96. The number of aliphatic hydroxyl groups excluding tert-OH is 1. The largest absolute Gasteiger partial charge is 0.494 e. The van der Waals surface area contributed by atoms with Gasteiger partial charge in [0.05, 0.1) is 12.7 Å².